The van der Waals surface area contributed by atoms with Crippen LogP contribution >= 0.6 is 24.0 Å². The minimum atomic E-state index is -0.0353. The second kappa shape index (κ2) is 9.54. The van der Waals surface area contributed by atoms with Gasteiger partial charge in [-0.3, -0.25) is 9.69 Å². The largest absolute Gasteiger partial charge is 0.497 e. The minimum absolute atomic E-state index is 0.0353. The highest BCUT2D eigenvalue weighted by molar-refractivity contribution is 8.26. The first-order valence-electron chi connectivity index (χ1n) is 9.01. The van der Waals surface area contributed by atoms with Crippen molar-refractivity contribution in [1.82, 2.24) is 4.90 Å². The SMILES string of the molecule is COc1ccc(OC)c(/C=C2/SC(=S)N(CCC[NH+]3CCOCC3)C2=O)c1. The van der Waals surface area contributed by atoms with Gasteiger partial charge in [-0.1, -0.05) is 24.0 Å². The Hall–Kier alpha value is -1.61. The van der Waals surface area contributed by atoms with E-state index in [1.165, 1.54) is 16.7 Å². The molecular formula is C19H25N2O4S2+. The number of ether oxygens (including phenoxy) is 3. The number of thioether (sulfide) groups is 1. The van der Waals surface area contributed by atoms with Crippen LogP contribution in [-0.4, -0.2) is 68.7 Å². The lowest BCUT2D eigenvalue weighted by atomic mass is 10.1. The molecule has 2 fully saturated rings. The van der Waals surface area contributed by atoms with E-state index in [-0.39, 0.29) is 5.91 Å². The van der Waals surface area contributed by atoms with Crippen molar-refractivity contribution in [2.24, 2.45) is 0 Å². The topological polar surface area (TPSA) is 52.4 Å². The van der Waals surface area contributed by atoms with Crippen LogP contribution < -0.4 is 14.4 Å². The normalized spacial score (nSPS) is 19.8. The van der Waals surface area contributed by atoms with Crippen LogP contribution in [0.25, 0.3) is 6.08 Å². The fourth-order valence-electron chi connectivity index (χ4n) is 3.18. The van der Waals surface area contributed by atoms with E-state index in [0.29, 0.717) is 27.3 Å². The quantitative estimate of drug-likeness (QED) is 0.540. The molecule has 0 bridgehead atoms. The number of rotatable bonds is 7. The zero-order chi connectivity index (χ0) is 19.2. The molecule has 8 heteroatoms. The molecule has 2 aliphatic rings. The number of quaternary nitrogens is 1. The first-order chi connectivity index (χ1) is 13.1. The van der Waals surface area contributed by atoms with Crippen molar-refractivity contribution in [3.05, 3.63) is 28.7 Å². The molecule has 2 aliphatic heterocycles. The number of carbonyl (C=O) groups is 1. The van der Waals surface area contributed by atoms with Gasteiger partial charge >= 0.3 is 0 Å². The summed E-state index contributed by atoms with van der Waals surface area (Å²) in [6, 6.07) is 5.51. The maximum atomic E-state index is 12.8. The lowest BCUT2D eigenvalue weighted by molar-refractivity contribution is -0.908. The van der Waals surface area contributed by atoms with Crippen molar-refractivity contribution >= 4 is 40.3 Å². The van der Waals surface area contributed by atoms with Crippen molar-refractivity contribution in [2.75, 3.05) is 53.6 Å². The van der Waals surface area contributed by atoms with E-state index in [2.05, 4.69) is 0 Å². The summed E-state index contributed by atoms with van der Waals surface area (Å²) in [6.45, 7) is 5.40. The van der Waals surface area contributed by atoms with E-state index in [0.717, 1.165) is 44.8 Å². The lowest BCUT2D eigenvalue weighted by Crippen LogP contribution is -3.14. The van der Waals surface area contributed by atoms with Gasteiger partial charge in [0, 0.05) is 18.5 Å². The van der Waals surface area contributed by atoms with Gasteiger partial charge in [-0.25, -0.2) is 0 Å². The molecular weight excluding hydrogens is 384 g/mol. The predicted octanol–water partition coefficient (Wildman–Crippen LogP) is 1.21. The van der Waals surface area contributed by atoms with Gasteiger partial charge in [0.1, 0.15) is 28.9 Å². The summed E-state index contributed by atoms with van der Waals surface area (Å²) in [4.78, 5) is 16.7. The molecule has 2 heterocycles. The summed E-state index contributed by atoms with van der Waals surface area (Å²) in [7, 11) is 3.22. The minimum Gasteiger partial charge on any atom is -0.497 e. The number of nitrogens with one attached hydrogen (secondary N) is 1. The first kappa shape index (κ1) is 20.1. The van der Waals surface area contributed by atoms with E-state index < -0.39 is 0 Å². The van der Waals surface area contributed by atoms with Crippen LogP contribution in [0.2, 0.25) is 0 Å². The number of morpholine rings is 1. The predicted molar refractivity (Wildman–Crippen MR) is 110 cm³/mol. The van der Waals surface area contributed by atoms with Crippen molar-refractivity contribution in [3.8, 4) is 11.5 Å². The summed E-state index contributed by atoms with van der Waals surface area (Å²) >= 11 is 6.78. The average molecular weight is 410 g/mol. The lowest BCUT2D eigenvalue weighted by Gasteiger charge is -2.24. The maximum absolute atomic E-state index is 12.8. The third-order valence-corrected chi connectivity index (χ3v) is 6.09. The zero-order valence-corrected chi connectivity index (χ0v) is 17.3. The van der Waals surface area contributed by atoms with Gasteiger partial charge in [0.25, 0.3) is 5.91 Å². The Labute approximate surface area is 169 Å². The third kappa shape index (κ3) is 5.01. The highest BCUT2D eigenvalue weighted by Crippen LogP contribution is 2.35. The molecule has 0 unspecified atom stereocenters. The third-order valence-electron chi connectivity index (χ3n) is 4.71. The Morgan fingerprint density at radius 1 is 1.30 bits per heavy atom. The summed E-state index contributed by atoms with van der Waals surface area (Å²) in [5, 5.41) is 0. The van der Waals surface area contributed by atoms with Crippen molar-refractivity contribution in [1.29, 1.82) is 0 Å². The summed E-state index contributed by atoms with van der Waals surface area (Å²) in [5.41, 5.74) is 0.801. The molecule has 0 saturated carbocycles. The zero-order valence-electron chi connectivity index (χ0n) is 15.7. The molecule has 1 aromatic rings. The number of hydrogen-bond acceptors (Lipinski definition) is 6. The second-order valence-corrected chi connectivity index (χ2v) is 8.08. The van der Waals surface area contributed by atoms with Gasteiger partial charge in [0.05, 0.1) is 38.9 Å². The number of benzene rings is 1. The number of hydrogen-bond donors (Lipinski definition) is 1. The van der Waals surface area contributed by atoms with Gasteiger partial charge in [0.15, 0.2) is 0 Å². The second-order valence-electron chi connectivity index (χ2n) is 6.41. The summed E-state index contributed by atoms with van der Waals surface area (Å²) in [5.74, 6) is 1.37. The van der Waals surface area contributed by atoms with Crippen LogP contribution in [0.15, 0.2) is 23.1 Å². The van der Waals surface area contributed by atoms with Crippen LogP contribution in [0.1, 0.15) is 12.0 Å². The molecule has 146 valence electrons. The molecule has 6 nitrogen and oxygen atoms in total. The molecule has 1 amide bonds. The van der Waals surface area contributed by atoms with E-state index in [1.807, 2.05) is 24.3 Å². The number of methoxy groups -OCH3 is 2. The van der Waals surface area contributed by atoms with Crippen molar-refractivity contribution in [3.63, 3.8) is 0 Å². The molecule has 0 aromatic heterocycles. The van der Waals surface area contributed by atoms with Gasteiger partial charge in [0.2, 0.25) is 0 Å². The molecule has 1 N–H and O–H groups in total. The molecule has 27 heavy (non-hydrogen) atoms. The van der Waals surface area contributed by atoms with E-state index in [4.69, 9.17) is 26.4 Å². The fourth-order valence-corrected chi connectivity index (χ4v) is 4.48. The Kier molecular flexibility index (Phi) is 7.12. The number of amides is 1. The van der Waals surface area contributed by atoms with Crippen LogP contribution in [0.3, 0.4) is 0 Å². The Morgan fingerprint density at radius 3 is 2.78 bits per heavy atom. The summed E-state index contributed by atoms with van der Waals surface area (Å²) < 4.78 is 16.7. The molecule has 0 radical (unpaired) electrons. The van der Waals surface area contributed by atoms with Gasteiger partial charge in [-0.05, 0) is 24.3 Å². The Bertz CT molecular complexity index is 732. The first-order valence-corrected chi connectivity index (χ1v) is 10.2. The number of thiocarbonyl (C=S) groups is 1. The Morgan fingerprint density at radius 2 is 2.07 bits per heavy atom. The van der Waals surface area contributed by atoms with Gasteiger partial charge in [-0.15, -0.1) is 0 Å². The molecule has 0 aliphatic carbocycles. The Balaban J connectivity index is 1.65. The van der Waals surface area contributed by atoms with Crippen LogP contribution in [0.5, 0.6) is 11.5 Å². The van der Waals surface area contributed by atoms with E-state index >= 15 is 0 Å². The van der Waals surface area contributed by atoms with Gasteiger partial charge in [-0.2, -0.15) is 0 Å². The van der Waals surface area contributed by atoms with Crippen LogP contribution in [-0.2, 0) is 9.53 Å². The van der Waals surface area contributed by atoms with Gasteiger partial charge < -0.3 is 19.1 Å². The molecule has 0 atom stereocenters. The van der Waals surface area contributed by atoms with Crippen LogP contribution in [0, 0.1) is 0 Å². The average Bonchev–Trinajstić information content (AvgIpc) is 2.96. The maximum Gasteiger partial charge on any atom is 0.266 e. The molecule has 3 rings (SSSR count). The molecule has 1 aromatic carbocycles. The monoisotopic (exact) mass is 409 g/mol. The van der Waals surface area contributed by atoms with Crippen molar-refractivity contribution in [2.45, 2.75) is 6.42 Å². The highest BCUT2D eigenvalue weighted by atomic mass is 32.2. The molecule has 2 saturated heterocycles. The number of nitrogens with zero attached hydrogens (tertiary/aromatic N) is 1. The molecule has 0 spiro atoms. The number of carbonyl (C=O) groups excluding carboxylic acids is 1. The summed E-state index contributed by atoms with van der Waals surface area (Å²) in [6.07, 6.45) is 2.76. The van der Waals surface area contributed by atoms with Crippen LogP contribution in [0.4, 0.5) is 0 Å². The standard InChI is InChI=1S/C19H24N2O4S2/c1-23-15-4-5-16(24-2)14(12-15)13-17-18(22)21(19(26)27-17)7-3-6-20-8-10-25-11-9-20/h4-5,12-13H,3,6-11H2,1-2H3/p+1/b17-13+. The van der Waals surface area contributed by atoms with E-state index in [9.17, 15) is 4.79 Å². The fraction of sp³-hybridized carbons (Fsp3) is 0.474. The van der Waals surface area contributed by atoms with E-state index in [1.54, 1.807) is 19.1 Å². The highest BCUT2D eigenvalue weighted by Gasteiger charge is 2.32. The smallest absolute Gasteiger partial charge is 0.266 e. The van der Waals surface area contributed by atoms with Crippen molar-refractivity contribution < 1.29 is 23.9 Å².